The van der Waals surface area contributed by atoms with Crippen LogP contribution in [0.1, 0.15) is 30.6 Å². The lowest BCUT2D eigenvalue weighted by molar-refractivity contribution is 0.390. The molecule has 0 aliphatic heterocycles. The van der Waals surface area contributed by atoms with Gasteiger partial charge in [-0.1, -0.05) is 25.1 Å². The molecule has 0 aliphatic rings. The SMILES string of the molecule is CCCn1ncc(OC)c1C(NC)c1ccccc1OC. The van der Waals surface area contributed by atoms with Gasteiger partial charge in [-0.2, -0.15) is 5.10 Å². The first-order valence-electron chi connectivity index (χ1n) is 7.16. The number of methoxy groups -OCH3 is 2. The lowest BCUT2D eigenvalue weighted by atomic mass is 10.0. The van der Waals surface area contributed by atoms with Crippen LogP contribution < -0.4 is 14.8 Å². The molecule has 5 nitrogen and oxygen atoms in total. The normalized spacial score (nSPS) is 12.2. The van der Waals surface area contributed by atoms with Crippen molar-refractivity contribution in [1.82, 2.24) is 15.1 Å². The van der Waals surface area contributed by atoms with Gasteiger partial charge in [0.2, 0.25) is 0 Å². The number of aryl methyl sites for hydroxylation is 1. The molecular weight excluding hydrogens is 266 g/mol. The van der Waals surface area contributed by atoms with Crippen molar-refractivity contribution in [1.29, 1.82) is 0 Å². The molecule has 0 bridgehead atoms. The van der Waals surface area contributed by atoms with Gasteiger partial charge in [0, 0.05) is 12.1 Å². The molecule has 1 N–H and O–H groups in total. The summed E-state index contributed by atoms with van der Waals surface area (Å²) in [5, 5.41) is 7.79. The van der Waals surface area contributed by atoms with E-state index in [0.717, 1.165) is 35.7 Å². The van der Waals surface area contributed by atoms with E-state index in [2.05, 4.69) is 23.4 Å². The lowest BCUT2D eigenvalue weighted by Crippen LogP contribution is -2.23. The van der Waals surface area contributed by atoms with Crippen molar-refractivity contribution in [3.05, 3.63) is 41.7 Å². The summed E-state index contributed by atoms with van der Waals surface area (Å²) < 4.78 is 13.0. The highest BCUT2D eigenvalue weighted by molar-refractivity contribution is 5.43. The highest BCUT2D eigenvalue weighted by atomic mass is 16.5. The van der Waals surface area contributed by atoms with Gasteiger partial charge in [0.05, 0.1) is 26.5 Å². The second kappa shape index (κ2) is 7.13. The maximum Gasteiger partial charge on any atom is 0.161 e. The van der Waals surface area contributed by atoms with Crippen LogP contribution in [-0.2, 0) is 6.54 Å². The Morgan fingerprint density at radius 1 is 1.19 bits per heavy atom. The van der Waals surface area contributed by atoms with Gasteiger partial charge in [-0.25, -0.2) is 0 Å². The Morgan fingerprint density at radius 3 is 2.52 bits per heavy atom. The first-order valence-corrected chi connectivity index (χ1v) is 7.16. The third-order valence-corrected chi connectivity index (χ3v) is 3.51. The van der Waals surface area contributed by atoms with E-state index in [1.807, 2.05) is 29.9 Å². The fourth-order valence-corrected chi connectivity index (χ4v) is 2.56. The molecule has 0 radical (unpaired) electrons. The summed E-state index contributed by atoms with van der Waals surface area (Å²) in [4.78, 5) is 0. The van der Waals surface area contributed by atoms with E-state index < -0.39 is 0 Å². The van der Waals surface area contributed by atoms with E-state index in [0.29, 0.717) is 0 Å². The number of nitrogens with zero attached hydrogens (tertiary/aromatic N) is 2. The van der Waals surface area contributed by atoms with Gasteiger partial charge in [-0.3, -0.25) is 4.68 Å². The van der Waals surface area contributed by atoms with Gasteiger partial charge in [-0.15, -0.1) is 0 Å². The second-order valence-electron chi connectivity index (χ2n) is 4.78. The van der Waals surface area contributed by atoms with Crippen LogP contribution in [0.4, 0.5) is 0 Å². The molecule has 2 rings (SSSR count). The van der Waals surface area contributed by atoms with Crippen molar-refractivity contribution in [3.8, 4) is 11.5 Å². The van der Waals surface area contributed by atoms with Crippen LogP contribution in [0.5, 0.6) is 11.5 Å². The summed E-state index contributed by atoms with van der Waals surface area (Å²) in [5.74, 6) is 1.64. The van der Waals surface area contributed by atoms with Crippen LogP contribution in [0.2, 0.25) is 0 Å². The monoisotopic (exact) mass is 289 g/mol. The van der Waals surface area contributed by atoms with Crippen molar-refractivity contribution in [2.75, 3.05) is 21.3 Å². The van der Waals surface area contributed by atoms with Crippen LogP contribution in [0.3, 0.4) is 0 Å². The molecule has 1 aromatic carbocycles. The molecule has 0 fully saturated rings. The average molecular weight is 289 g/mol. The molecule has 0 saturated heterocycles. The first kappa shape index (κ1) is 15.4. The van der Waals surface area contributed by atoms with Crippen molar-refractivity contribution >= 4 is 0 Å². The van der Waals surface area contributed by atoms with Gasteiger partial charge in [0.25, 0.3) is 0 Å². The Kier molecular flexibility index (Phi) is 5.22. The largest absolute Gasteiger partial charge is 0.496 e. The van der Waals surface area contributed by atoms with Crippen LogP contribution in [0, 0.1) is 0 Å². The number of nitrogens with one attached hydrogen (secondary N) is 1. The fourth-order valence-electron chi connectivity index (χ4n) is 2.56. The van der Waals surface area contributed by atoms with E-state index in [9.17, 15) is 0 Å². The summed E-state index contributed by atoms with van der Waals surface area (Å²) in [5.41, 5.74) is 2.09. The fraction of sp³-hybridized carbons (Fsp3) is 0.438. The van der Waals surface area contributed by atoms with Crippen LogP contribution in [-0.4, -0.2) is 31.0 Å². The summed E-state index contributed by atoms with van der Waals surface area (Å²) in [6, 6.07) is 7.96. The molecule has 0 spiro atoms. The van der Waals surface area contributed by atoms with Crippen molar-refractivity contribution in [2.45, 2.75) is 25.9 Å². The summed E-state index contributed by atoms with van der Waals surface area (Å²) >= 11 is 0. The molecule has 0 saturated carbocycles. The van der Waals surface area contributed by atoms with Gasteiger partial charge in [-0.05, 0) is 19.5 Å². The summed E-state index contributed by atoms with van der Waals surface area (Å²) in [7, 11) is 5.29. The second-order valence-corrected chi connectivity index (χ2v) is 4.78. The number of ether oxygens (including phenoxy) is 2. The van der Waals surface area contributed by atoms with Gasteiger partial charge >= 0.3 is 0 Å². The zero-order valence-corrected chi connectivity index (χ0v) is 13.1. The third kappa shape index (κ3) is 3.03. The maximum absolute atomic E-state index is 5.49. The number of benzene rings is 1. The van der Waals surface area contributed by atoms with Gasteiger partial charge < -0.3 is 14.8 Å². The van der Waals surface area contributed by atoms with Crippen molar-refractivity contribution in [2.24, 2.45) is 0 Å². The Labute approximate surface area is 125 Å². The highest BCUT2D eigenvalue weighted by Crippen LogP contribution is 2.34. The predicted octanol–water partition coefficient (Wildman–Crippen LogP) is 2.62. The number of rotatable bonds is 7. The van der Waals surface area contributed by atoms with Crippen LogP contribution >= 0.6 is 0 Å². The van der Waals surface area contributed by atoms with Crippen LogP contribution in [0.25, 0.3) is 0 Å². The molecule has 21 heavy (non-hydrogen) atoms. The standard InChI is InChI=1S/C16H23N3O2/c1-5-10-19-16(14(21-4)11-18-19)15(17-2)12-8-6-7-9-13(12)20-3/h6-9,11,15,17H,5,10H2,1-4H3. The first-order chi connectivity index (χ1) is 10.3. The van der Waals surface area contributed by atoms with E-state index in [4.69, 9.17) is 9.47 Å². The minimum absolute atomic E-state index is 0.0369. The molecule has 0 amide bonds. The smallest absolute Gasteiger partial charge is 0.161 e. The Bertz CT molecular complexity index is 581. The Hall–Kier alpha value is -2.01. The topological polar surface area (TPSA) is 48.3 Å². The molecule has 1 unspecified atom stereocenters. The molecular formula is C16H23N3O2. The third-order valence-electron chi connectivity index (χ3n) is 3.51. The lowest BCUT2D eigenvalue weighted by Gasteiger charge is -2.21. The quantitative estimate of drug-likeness (QED) is 0.851. The van der Waals surface area contributed by atoms with E-state index in [1.165, 1.54) is 0 Å². The zero-order valence-electron chi connectivity index (χ0n) is 13.1. The van der Waals surface area contributed by atoms with Crippen LogP contribution in [0.15, 0.2) is 30.5 Å². The minimum Gasteiger partial charge on any atom is -0.496 e. The molecule has 114 valence electrons. The zero-order chi connectivity index (χ0) is 15.2. The van der Waals surface area contributed by atoms with Gasteiger partial charge in [0.1, 0.15) is 11.4 Å². The van der Waals surface area contributed by atoms with E-state index in [1.54, 1.807) is 20.4 Å². The van der Waals surface area contributed by atoms with E-state index in [-0.39, 0.29) is 6.04 Å². The Balaban J connectivity index is 2.52. The Morgan fingerprint density at radius 2 is 1.90 bits per heavy atom. The average Bonchev–Trinajstić information content (AvgIpc) is 2.92. The van der Waals surface area contributed by atoms with E-state index >= 15 is 0 Å². The predicted molar refractivity (Wildman–Crippen MR) is 83.0 cm³/mol. The maximum atomic E-state index is 5.49. The van der Waals surface area contributed by atoms with Gasteiger partial charge in [0.15, 0.2) is 5.75 Å². The molecule has 1 aromatic heterocycles. The number of para-hydroxylation sites is 1. The summed E-state index contributed by atoms with van der Waals surface area (Å²) in [6.07, 6.45) is 2.78. The number of hydrogen-bond donors (Lipinski definition) is 1. The molecule has 2 aromatic rings. The molecule has 1 heterocycles. The van der Waals surface area contributed by atoms with Crippen molar-refractivity contribution in [3.63, 3.8) is 0 Å². The number of hydrogen-bond acceptors (Lipinski definition) is 4. The minimum atomic E-state index is -0.0369. The molecule has 5 heteroatoms. The van der Waals surface area contributed by atoms with Crippen molar-refractivity contribution < 1.29 is 9.47 Å². The summed E-state index contributed by atoms with van der Waals surface area (Å²) in [6.45, 7) is 2.99. The molecule has 0 aliphatic carbocycles. The highest BCUT2D eigenvalue weighted by Gasteiger charge is 2.24. The molecule has 1 atom stereocenters. The number of aromatic nitrogens is 2.